The molecule has 1 fully saturated rings. The summed E-state index contributed by atoms with van der Waals surface area (Å²) in [7, 11) is 1.65. The van der Waals surface area contributed by atoms with Crippen LogP contribution in [0.3, 0.4) is 0 Å². The van der Waals surface area contributed by atoms with Crippen molar-refractivity contribution < 1.29 is 19.1 Å². The summed E-state index contributed by atoms with van der Waals surface area (Å²) in [5.41, 5.74) is 2.88. The van der Waals surface area contributed by atoms with Gasteiger partial charge in [-0.3, -0.25) is 19.7 Å². The lowest BCUT2D eigenvalue weighted by molar-refractivity contribution is -0.124. The van der Waals surface area contributed by atoms with E-state index >= 15 is 0 Å². The highest BCUT2D eigenvalue weighted by Crippen LogP contribution is 2.32. The molecule has 6 nitrogen and oxygen atoms in total. The SMILES string of the molecule is COc1ccc2c(c1)CCN(C(=O)c1ccccc1S[C@@H]1CC(=O)NC1=O)C2. The lowest BCUT2D eigenvalue weighted by Gasteiger charge is -2.30. The van der Waals surface area contributed by atoms with Crippen LogP contribution in [-0.4, -0.2) is 41.5 Å². The van der Waals surface area contributed by atoms with Crippen molar-refractivity contribution in [1.29, 1.82) is 0 Å². The molecule has 0 aliphatic carbocycles. The van der Waals surface area contributed by atoms with Crippen LogP contribution in [0.25, 0.3) is 0 Å². The van der Waals surface area contributed by atoms with Gasteiger partial charge in [-0.05, 0) is 41.8 Å². The van der Waals surface area contributed by atoms with Crippen molar-refractivity contribution >= 4 is 29.5 Å². The van der Waals surface area contributed by atoms with Gasteiger partial charge in [0.1, 0.15) is 5.75 Å². The first-order valence-corrected chi connectivity index (χ1v) is 9.97. The van der Waals surface area contributed by atoms with Crippen LogP contribution >= 0.6 is 11.8 Å². The lowest BCUT2D eigenvalue weighted by Crippen LogP contribution is -2.36. The molecule has 2 aliphatic heterocycles. The van der Waals surface area contributed by atoms with Crippen molar-refractivity contribution in [2.24, 2.45) is 0 Å². The number of hydrogen-bond acceptors (Lipinski definition) is 5. The third-order valence-electron chi connectivity index (χ3n) is 5.03. The van der Waals surface area contributed by atoms with Crippen LogP contribution in [0.4, 0.5) is 0 Å². The highest BCUT2D eigenvalue weighted by molar-refractivity contribution is 8.00. The van der Waals surface area contributed by atoms with Gasteiger partial charge >= 0.3 is 0 Å². The second-order valence-electron chi connectivity index (χ2n) is 6.83. The van der Waals surface area contributed by atoms with Gasteiger partial charge in [0.25, 0.3) is 5.91 Å². The first kappa shape index (κ1) is 18.6. The summed E-state index contributed by atoms with van der Waals surface area (Å²) < 4.78 is 5.28. The van der Waals surface area contributed by atoms with Gasteiger partial charge < -0.3 is 9.64 Å². The van der Waals surface area contributed by atoms with Crippen molar-refractivity contribution in [3.8, 4) is 5.75 Å². The number of nitrogens with one attached hydrogen (secondary N) is 1. The van der Waals surface area contributed by atoms with E-state index < -0.39 is 5.25 Å². The molecule has 7 heteroatoms. The number of hydrogen-bond donors (Lipinski definition) is 1. The van der Waals surface area contributed by atoms with Gasteiger partial charge in [-0.1, -0.05) is 18.2 Å². The van der Waals surface area contributed by atoms with Gasteiger partial charge in [0.2, 0.25) is 11.8 Å². The molecule has 2 heterocycles. The van der Waals surface area contributed by atoms with Crippen molar-refractivity contribution in [1.82, 2.24) is 10.2 Å². The van der Waals surface area contributed by atoms with Crippen molar-refractivity contribution in [3.05, 3.63) is 59.2 Å². The number of ether oxygens (including phenoxy) is 1. The number of benzene rings is 2. The molecule has 4 rings (SSSR count). The van der Waals surface area contributed by atoms with Crippen LogP contribution in [-0.2, 0) is 22.6 Å². The van der Waals surface area contributed by atoms with Crippen LogP contribution in [0.1, 0.15) is 27.9 Å². The maximum absolute atomic E-state index is 13.2. The van der Waals surface area contributed by atoms with E-state index in [9.17, 15) is 14.4 Å². The zero-order chi connectivity index (χ0) is 19.7. The average Bonchev–Trinajstić information content (AvgIpc) is 3.03. The van der Waals surface area contributed by atoms with Crippen LogP contribution in [0.5, 0.6) is 5.75 Å². The Balaban J connectivity index is 1.54. The standard InChI is InChI=1S/C21H20N2O4S/c1-27-15-7-6-14-12-23(9-8-13(14)10-15)21(26)16-4-2-3-5-17(16)28-18-11-19(24)22-20(18)25/h2-7,10,18H,8-9,11-12H2,1H3,(H,22,24,25)/t18-/m1/s1. The van der Waals surface area contributed by atoms with Crippen LogP contribution < -0.4 is 10.1 Å². The summed E-state index contributed by atoms with van der Waals surface area (Å²) in [5.74, 6) is 0.200. The number of thioether (sulfide) groups is 1. The molecule has 0 radical (unpaired) electrons. The third-order valence-corrected chi connectivity index (χ3v) is 6.30. The van der Waals surface area contributed by atoms with Gasteiger partial charge in [0.15, 0.2) is 0 Å². The zero-order valence-electron chi connectivity index (χ0n) is 15.4. The maximum Gasteiger partial charge on any atom is 0.255 e. The Morgan fingerprint density at radius 1 is 1.18 bits per heavy atom. The molecule has 0 spiro atoms. The quantitative estimate of drug-likeness (QED) is 0.804. The van der Waals surface area contributed by atoms with E-state index in [0.717, 1.165) is 22.6 Å². The molecule has 0 bridgehead atoms. The third kappa shape index (κ3) is 3.62. The largest absolute Gasteiger partial charge is 0.497 e. The molecule has 0 saturated carbocycles. The molecular formula is C21H20N2O4S. The molecule has 1 saturated heterocycles. The van der Waals surface area contributed by atoms with Gasteiger partial charge in [0.05, 0.1) is 17.9 Å². The van der Waals surface area contributed by atoms with E-state index in [1.807, 2.05) is 41.3 Å². The highest BCUT2D eigenvalue weighted by Gasteiger charge is 2.33. The van der Waals surface area contributed by atoms with Gasteiger partial charge in [-0.2, -0.15) is 0 Å². The number of amides is 3. The predicted molar refractivity (Wildman–Crippen MR) is 105 cm³/mol. The van der Waals surface area contributed by atoms with E-state index in [4.69, 9.17) is 4.74 Å². The minimum Gasteiger partial charge on any atom is -0.497 e. The minimum absolute atomic E-state index is 0.0608. The van der Waals surface area contributed by atoms with Gasteiger partial charge in [-0.25, -0.2) is 0 Å². The molecular weight excluding hydrogens is 376 g/mol. The second kappa shape index (κ2) is 7.67. The molecule has 2 aromatic rings. The van der Waals surface area contributed by atoms with Gasteiger partial charge in [0, 0.05) is 24.4 Å². The van der Waals surface area contributed by atoms with Crippen LogP contribution in [0.2, 0.25) is 0 Å². The topological polar surface area (TPSA) is 75.7 Å². The first-order chi connectivity index (χ1) is 13.5. The fraction of sp³-hybridized carbons (Fsp3) is 0.286. The van der Waals surface area contributed by atoms with Crippen molar-refractivity contribution in [2.45, 2.75) is 29.5 Å². The minimum atomic E-state index is -0.490. The Labute approximate surface area is 167 Å². The number of rotatable bonds is 4. The fourth-order valence-corrected chi connectivity index (χ4v) is 4.67. The molecule has 144 valence electrons. The van der Waals surface area contributed by atoms with Crippen LogP contribution in [0.15, 0.2) is 47.4 Å². The van der Waals surface area contributed by atoms with E-state index in [1.165, 1.54) is 17.3 Å². The van der Waals surface area contributed by atoms with Crippen molar-refractivity contribution in [3.63, 3.8) is 0 Å². The Hall–Kier alpha value is -2.80. The van der Waals surface area contributed by atoms with E-state index in [0.29, 0.717) is 18.7 Å². The Kier molecular flexibility index (Phi) is 5.09. The Bertz CT molecular complexity index is 959. The average molecular weight is 396 g/mol. The Morgan fingerprint density at radius 2 is 2.00 bits per heavy atom. The summed E-state index contributed by atoms with van der Waals surface area (Å²) in [4.78, 5) is 39.1. The molecule has 28 heavy (non-hydrogen) atoms. The summed E-state index contributed by atoms with van der Waals surface area (Å²) in [6, 6.07) is 13.2. The molecule has 0 aromatic heterocycles. The van der Waals surface area contributed by atoms with Crippen molar-refractivity contribution in [2.75, 3.05) is 13.7 Å². The normalized spacial score (nSPS) is 18.6. The number of carbonyl (C=O) groups excluding carboxylic acids is 3. The maximum atomic E-state index is 13.2. The zero-order valence-corrected chi connectivity index (χ0v) is 16.3. The highest BCUT2D eigenvalue weighted by atomic mass is 32.2. The summed E-state index contributed by atoms with van der Waals surface area (Å²) >= 11 is 1.28. The van der Waals surface area contributed by atoms with E-state index in [-0.39, 0.29) is 24.1 Å². The first-order valence-electron chi connectivity index (χ1n) is 9.09. The molecule has 2 aliphatic rings. The Morgan fingerprint density at radius 3 is 2.75 bits per heavy atom. The number of fused-ring (bicyclic) bond motifs is 1. The monoisotopic (exact) mass is 396 g/mol. The second-order valence-corrected chi connectivity index (χ2v) is 8.08. The predicted octanol–water partition coefficient (Wildman–Crippen LogP) is 2.40. The summed E-state index contributed by atoms with van der Waals surface area (Å²) in [5, 5.41) is 1.83. The lowest BCUT2D eigenvalue weighted by atomic mass is 9.99. The molecule has 2 aromatic carbocycles. The molecule has 3 amide bonds. The van der Waals surface area contributed by atoms with Gasteiger partial charge in [-0.15, -0.1) is 11.8 Å². The number of imide groups is 1. The summed E-state index contributed by atoms with van der Waals surface area (Å²) in [6.07, 6.45) is 0.915. The number of carbonyl (C=O) groups is 3. The summed E-state index contributed by atoms with van der Waals surface area (Å²) in [6.45, 7) is 1.17. The molecule has 1 atom stereocenters. The number of nitrogens with zero attached hydrogens (tertiary/aromatic N) is 1. The number of methoxy groups -OCH3 is 1. The molecule has 0 unspecified atom stereocenters. The fourth-order valence-electron chi connectivity index (χ4n) is 3.52. The van der Waals surface area contributed by atoms with Crippen LogP contribution in [0, 0.1) is 0 Å². The van der Waals surface area contributed by atoms with E-state index in [2.05, 4.69) is 5.32 Å². The molecule has 1 N–H and O–H groups in total. The van der Waals surface area contributed by atoms with E-state index in [1.54, 1.807) is 13.2 Å². The smallest absolute Gasteiger partial charge is 0.255 e.